The molecule has 0 spiro atoms. The molecule has 222 valence electrons. The largest absolute Gasteiger partial charge is 0.480 e. The number of amides is 2. The quantitative estimate of drug-likeness (QED) is 0.312. The fourth-order valence-corrected chi connectivity index (χ4v) is 3.96. The first kappa shape index (κ1) is 35.7. The second-order valence-corrected chi connectivity index (χ2v) is 12.0. The van der Waals surface area contributed by atoms with Crippen LogP contribution in [-0.4, -0.2) is 71.5 Å². The Hall–Kier alpha value is -2.33. The fraction of sp³-hybridized carbons (Fsp3) is 0.821. The standard InChI is InChI=1S/C15H27NO3.C12H21NO5.CH4/c1-6-10-18-12-8-7-9-13(12)19-14(17)16-11(2)15(3,4)5;1-12(2,3)9(10(15)16)13-11(17)18-8-6-4-5-7(8)14;/h6,11-13H,1,7-10H2,2-5H3,(H,16,17);7-9,14H,4-6H2,1-3H3,(H,13,17)(H,15,16);1H4/t11-,12-,13-;7-,8-,9-;/m11./s1. The van der Waals surface area contributed by atoms with Crippen LogP contribution in [0.1, 0.15) is 94.4 Å². The molecule has 6 atom stereocenters. The number of aliphatic hydroxyl groups excluding tert-OH is 1. The number of carbonyl (C=O) groups is 3. The van der Waals surface area contributed by atoms with Crippen LogP contribution in [0.4, 0.5) is 9.59 Å². The van der Waals surface area contributed by atoms with Crippen molar-refractivity contribution in [1.29, 1.82) is 0 Å². The lowest BCUT2D eigenvalue weighted by Gasteiger charge is -2.29. The number of nitrogens with one attached hydrogen (secondary N) is 2. The van der Waals surface area contributed by atoms with Gasteiger partial charge in [-0.05, 0) is 56.3 Å². The molecule has 0 bridgehead atoms. The van der Waals surface area contributed by atoms with Crippen LogP contribution in [0.15, 0.2) is 12.7 Å². The van der Waals surface area contributed by atoms with E-state index < -0.39 is 35.7 Å². The third kappa shape index (κ3) is 12.5. The first-order valence-electron chi connectivity index (χ1n) is 13.1. The van der Waals surface area contributed by atoms with Crippen molar-refractivity contribution in [1.82, 2.24) is 10.6 Å². The SMILES string of the molecule is C.C=CCO[C@@H]1CCC[C@H]1OC(=O)N[C@H](C)C(C)(C)C.CC(C)(C)[C@H](NC(=O)O[C@@H]1CCC[C@H]1O)C(=O)O. The second kappa shape index (κ2) is 15.9. The number of carbonyl (C=O) groups excluding carboxylic acids is 2. The van der Waals surface area contributed by atoms with Gasteiger partial charge >= 0.3 is 18.2 Å². The number of aliphatic carboxylic acids is 1. The maximum atomic E-state index is 11.9. The zero-order chi connectivity index (χ0) is 28.4. The van der Waals surface area contributed by atoms with Crippen molar-refractivity contribution in [3.8, 4) is 0 Å². The minimum Gasteiger partial charge on any atom is -0.480 e. The molecule has 0 aromatic carbocycles. The molecule has 0 heterocycles. The smallest absolute Gasteiger partial charge is 0.408 e. The normalized spacial score (nSPS) is 24.5. The highest BCUT2D eigenvalue weighted by atomic mass is 16.6. The number of alkyl carbamates (subject to hydrolysis) is 2. The van der Waals surface area contributed by atoms with Crippen LogP contribution >= 0.6 is 0 Å². The minimum absolute atomic E-state index is 0. The van der Waals surface area contributed by atoms with Gasteiger partial charge in [0.05, 0.1) is 18.8 Å². The molecule has 10 nitrogen and oxygen atoms in total. The van der Waals surface area contributed by atoms with Crippen LogP contribution in [0.3, 0.4) is 0 Å². The first-order valence-corrected chi connectivity index (χ1v) is 13.1. The third-order valence-corrected chi connectivity index (χ3v) is 6.76. The summed E-state index contributed by atoms with van der Waals surface area (Å²) >= 11 is 0. The van der Waals surface area contributed by atoms with Gasteiger partial charge in [0.25, 0.3) is 0 Å². The average molecular weight is 545 g/mol. The van der Waals surface area contributed by atoms with E-state index in [4.69, 9.17) is 19.3 Å². The van der Waals surface area contributed by atoms with Gasteiger partial charge in [-0.2, -0.15) is 0 Å². The number of carboxylic acid groups (broad SMARTS) is 1. The van der Waals surface area contributed by atoms with Gasteiger partial charge in [0.2, 0.25) is 0 Å². The number of hydrogen-bond acceptors (Lipinski definition) is 7. The zero-order valence-corrected chi connectivity index (χ0v) is 23.5. The molecule has 2 rings (SSSR count). The summed E-state index contributed by atoms with van der Waals surface area (Å²) in [5, 5.41) is 23.8. The highest BCUT2D eigenvalue weighted by Crippen LogP contribution is 2.26. The van der Waals surface area contributed by atoms with Gasteiger partial charge in [-0.15, -0.1) is 6.58 Å². The van der Waals surface area contributed by atoms with Gasteiger partial charge < -0.3 is 35.1 Å². The predicted molar refractivity (Wildman–Crippen MR) is 147 cm³/mol. The molecule has 0 aromatic heterocycles. The van der Waals surface area contributed by atoms with E-state index in [0.717, 1.165) is 25.7 Å². The summed E-state index contributed by atoms with van der Waals surface area (Å²) in [5.41, 5.74) is -0.591. The molecule has 38 heavy (non-hydrogen) atoms. The summed E-state index contributed by atoms with van der Waals surface area (Å²) in [6.07, 6.45) is 4.17. The van der Waals surface area contributed by atoms with Crippen LogP contribution in [0.25, 0.3) is 0 Å². The summed E-state index contributed by atoms with van der Waals surface area (Å²) in [5.74, 6) is -1.11. The van der Waals surface area contributed by atoms with E-state index in [1.54, 1.807) is 26.8 Å². The van der Waals surface area contributed by atoms with Gasteiger partial charge in [0, 0.05) is 6.04 Å². The molecule has 2 saturated carbocycles. The van der Waals surface area contributed by atoms with Crippen LogP contribution in [0.2, 0.25) is 0 Å². The van der Waals surface area contributed by atoms with Crippen LogP contribution in [0.5, 0.6) is 0 Å². The molecule has 0 aliphatic heterocycles. The lowest BCUT2D eigenvalue weighted by Crippen LogP contribution is -2.50. The number of hydrogen-bond donors (Lipinski definition) is 4. The Kier molecular flexibility index (Phi) is 15.0. The summed E-state index contributed by atoms with van der Waals surface area (Å²) in [6, 6.07) is -0.961. The Bertz CT molecular complexity index is 759. The lowest BCUT2D eigenvalue weighted by molar-refractivity contribution is -0.142. The molecular formula is C28H52N2O8. The van der Waals surface area contributed by atoms with Crippen molar-refractivity contribution in [3.63, 3.8) is 0 Å². The second-order valence-electron chi connectivity index (χ2n) is 12.0. The van der Waals surface area contributed by atoms with E-state index in [1.807, 2.05) is 6.92 Å². The minimum atomic E-state index is -1.11. The summed E-state index contributed by atoms with van der Waals surface area (Å²) < 4.78 is 16.1. The summed E-state index contributed by atoms with van der Waals surface area (Å²) in [7, 11) is 0. The molecule has 4 N–H and O–H groups in total. The van der Waals surface area contributed by atoms with Gasteiger partial charge in [0.1, 0.15) is 18.2 Å². The molecule has 2 fully saturated rings. The molecular weight excluding hydrogens is 492 g/mol. The summed E-state index contributed by atoms with van der Waals surface area (Å²) in [6.45, 7) is 17.5. The van der Waals surface area contributed by atoms with E-state index in [1.165, 1.54) is 0 Å². The Morgan fingerprint density at radius 2 is 1.39 bits per heavy atom. The summed E-state index contributed by atoms with van der Waals surface area (Å²) in [4.78, 5) is 34.5. The molecule has 2 aliphatic carbocycles. The monoisotopic (exact) mass is 544 g/mol. The molecule has 2 amide bonds. The van der Waals surface area contributed by atoms with Crippen molar-refractivity contribution in [2.75, 3.05) is 6.61 Å². The van der Waals surface area contributed by atoms with Crippen LogP contribution in [0, 0.1) is 10.8 Å². The van der Waals surface area contributed by atoms with Gasteiger partial charge in [-0.3, -0.25) is 0 Å². The van der Waals surface area contributed by atoms with E-state index in [2.05, 4.69) is 38.0 Å². The van der Waals surface area contributed by atoms with Crippen molar-refractivity contribution in [2.45, 2.75) is 131 Å². The molecule has 0 saturated heterocycles. The highest BCUT2D eigenvalue weighted by Gasteiger charge is 2.35. The molecule has 2 aliphatic rings. The average Bonchev–Trinajstić information content (AvgIpc) is 3.37. The van der Waals surface area contributed by atoms with E-state index >= 15 is 0 Å². The molecule has 10 heteroatoms. The van der Waals surface area contributed by atoms with Gasteiger partial charge in [-0.1, -0.05) is 55.0 Å². The van der Waals surface area contributed by atoms with Crippen LogP contribution in [-0.2, 0) is 19.0 Å². The first-order chi connectivity index (χ1) is 17.1. The zero-order valence-electron chi connectivity index (χ0n) is 23.5. The van der Waals surface area contributed by atoms with Gasteiger partial charge in [-0.25, -0.2) is 14.4 Å². The van der Waals surface area contributed by atoms with Crippen molar-refractivity contribution >= 4 is 18.2 Å². The topological polar surface area (TPSA) is 143 Å². The fourth-order valence-electron chi connectivity index (χ4n) is 3.96. The van der Waals surface area contributed by atoms with Crippen molar-refractivity contribution in [2.24, 2.45) is 10.8 Å². The number of aliphatic hydroxyl groups is 1. The maximum absolute atomic E-state index is 11.9. The van der Waals surface area contributed by atoms with Crippen molar-refractivity contribution < 1.29 is 38.8 Å². The Labute approximate surface area is 228 Å². The molecule has 0 radical (unpaired) electrons. The van der Waals surface area contributed by atoms with Crippen molar-refractivity contribution in [3.05, 3.63) is 12.7 Å². The van der Waals surface area contributed by atoms with E-state index in [0.29, 0.717) is 19.4 Å². The number of ether oxygens (including phenoxy) is 3. The van der Waals surface area contributed by atoms with E-state index in [-0.39, 0.29) is 37.2 Å². The predicted octanol–water partition coefficient (Wildman–Crippen LogP) is 5.03. The van der Waals surface area contributed by atoms with Gasteiger partial charge in [0.15, 0.2) is 0 Å². The van der Waals surface area contributed by atoms with Crippen LogP contribution < -0.4 is 10.6 Å². The molecule has 0 unspecified atom stereocenters. The Morgan fingerprint density at radius 1 is 0.895 bits per heavy atom. The number of rotatable bonds is 8. The third-order valence-electron chi connectivity index (χ3n) is 6.76. The Morgan fingerprint density at radius 3 is 1.87 bits per heavy atom. The number of carboxylic acids is 1. The lowest BCUT2D eigenvalue weighted by atomic mass is 9.87. The maximum Gasteiger partial charge on any atom is 0.408 e. The van der Waals surface area contributed by atoms with E-state index in [9.17, 15) is 19.5 Å². The Balaban J connectivity index is 0.000000703. The highest BCUT2D eigenvalue weighted by molar-refractivity contribution is 5.80. The molecule has 0 aromatic rings.